The molecule has 1 rings (SSSR count). The largest absolute Gasteiger partial charge is 0.481 e. The Bertz CT molecular complexity index is 208. The Morgan fingerprint density at radius 1 is 1.40 bits per heavy atom. The molecule has 3 heteroatoms. The number of nitrogens with zero attached hydrogens (tertiary/aromatic N) is 1. The van der Waals surface area contributed by atoms with Crippen molar-refractivity contribution in [2.45, 2.75) is 46.1 Å². The van der Waals surface area contributed by atoms with Gasteiger partial charge < -0.3 is 10.0 Å². The summed E-state index contributed by atoms with van der Waals surface area (Å²) in [5.41, 5.74) is 0. The van der Waals surface area contributed by atoms with Crippen molar-refractivity contribution in [1.82, 2.24) is 4.90 Å². The van der Waals surface area contributed by atoms with Crippen LogP contribution < -0.4 is 0 Å². The third-order valence-electron chi connectivity index (χ3n) is 3.65. The van der Waals surface area contributed by atoms with Gasteiger partial charge in [0, 0.05) is 25.6 Å². The molecule has 1 unspecified atom stereocenters. The summed E-state index contributed by atoms with van der Waals surface area (Å²) in [5.74, 6) is 0.893. The highest BCUT2D eigenvalue weighted by Gasteiger charge is 2.28. The van der Waals surface area contributed by atoms with Gasteiger partial charge in [-0.25, -0.2) is 0 Å². The Labute approximate surface area is 92.5 Å². The van der Waals surface area contributed by atoms with Gasteiger partial charge in [0.05, 0.1) is 0 Å². The molecule has 0 saturated carbocycles. The van der Waals surface area contributed by atoms with Gasteiger partial charge in [-0.05, 0) is 31.6 Å². The van der Waals surface area contributed by atoms with Gasteiger partial charge in [0.15, 0.2) is 0 Å². The minimum Gasteiger partial charge on any atom is -0.481 e. The van der Waals surface area contributed by atoms with Gasteiger partial charge in [0.25, 0.3) is 0 Å². The van der Waals surface area contributed by atoms with E-state index < -0.39 is 5.97 Å². The predicted molar refractivity (Wildman–Crippen MR) is 60.8 cm³/mol. The molecule has 0 bridgehead atoms. The molecule has 0 aromatic carbocycles. The number of likely N-dealkylation sites (tertiary alicyclic amines) is 1. The van der Waals surface area contributed by atoms with Crippen molar-refractivity contribution in [3.8, 4) is 0 Å². The first-order valence-electron chi connectivity index (χ1n) is 5.96. The van der Waals surface area contributed by atoms with Gasteiger partial charge in [-0.15, -0.1) is 0 Å². The molecular formula is C12H23NO2. The van der Waals surface area contributed by atoms with Crippen molar-refractivity contribution in [1.29, 1.82) is 0 Å². The van der Waals surface area contributed by atoms with Gasteiger partial charge in [-0.2, -0.15) is 0 Å². The molecular weight excluding hydrogens is 190 g/mol. The first-order valence-corrected chi connectivity index (χ1v) is 5.96. The molecule has 15 heavy (non-hydrogen) atoms. The SMILES string of the molecule is CC(CCCC(=O)O)N1C[C@@H](C)[C@H](C)C1. The summed E-state index contributed by atoms with van der Waals surface area (Å²) >= 11 is 0. The van der Waals surface area contributed by atoms with Crippen molar-refractivity contribution in [3.63, 3.8) is 0 Å². The fourth-order valence-corrected chi connectivity index (χ4v) is 2.27. The zero-order valence-electron chi connectivity index (χ0n) is 10.1. The molecule has 0 amide bonds. The van der Waals surface area contributed by atoms with Crippen molar-refractivity contribution in [3.05, 3.63) is 0 Å². The van der Waals surface area contributed by atoms with Crippen LogP contribution >= 0.6 is 0 Å². The maximum atomic E-state index is 10.4. The van der Waals surface area contributed by atoms with E-state index in [0.29, 0.717) is 12.5 Å². The molecule has 0 aliphatic carbocycles. The fraction of sp³-hybridized carbons (Fsp3) is 0.917. The molecule has 1 aliphatic heterocycles. The van der Waals surface area contributed by atoms with Crippen molar-refractivity contribution in [2.24, 2.45) is 11.8 Å². The summed E-state index contributed by atoms with van der Waals surface area (Å²) in [5, 5.41) is 8.56. The van der Waals surface area contributed by atoms with Crippen molar-refractivity contribution < 1.29 is 9.90 Å². The van der Waals surface area contributed by atoms with Crippen LogP contribution in [0, 0.1) is 11.8 Å². The van der Waals surface area contributed by atoms with Crippen LogP contribution in [-0.2, 0) is 4.79 Å². The third-order valence-corrected chi connectivity index (χ3v) is 3.65. The number of carbonyl (C=O) groups is 1. The Balaban J connectivity index is 2.23. The number of rotatable bonds is 5. The molecule has 0 aromatic heterocycles. The lowest BCUT2D eigenvalue weighted by atomic mass is 10.0. The van der Waals surface area contributed by atoms with Crippen LogP contribution in [0.15, 0.2) is 0 Å². The maximum absolute atomic E-state index is 10.4. The lowest BCUT2D eigenvalue weighted by Crippen LogP contribution is -2.31. The maximum Gasteiger partial charge on any atom is 0.303 e. The molecule has 1 fully saturated rings. The predicted octanol–water partition coefficient (Wildman–Crippen LogP) is 2.22. The quantitative estimate of drug-likeness (QED) is 0.761. The monoisotopic (exact) mass is 213 g/mol. The summed E-state index contributed by atoms with van der Waals surface area (Å²) < 4.78 is 0. The molecule has 0 radical (unpaired) electrons. The van der Waals surface area contributed by atoms with Crippen LogP contribution in [0.25, 0.3) is 0 Å². The first kappa shape index (κ1) is 12.5. The Morgan fingerprint density at radius 3 is 2.40 bits per heavy atom. The number of hydrogen-bond acceptors (Lipinski definition) is 2. The van der Waals surface area contributed by atoms with Crippen molar-refractivity contribution >= 4 is 5.97 Å². The van der Waals surface area contributed by atoms with E-state index in [1.54, 1.807) is 0 Å². The smallest absolute Gasteiger partial charge is 0.303 e. The van der Waals surface area contributed by atoms with Gasteiger partial charge in [-0.1, -0.05) is 13.8 Å². The van der Waals surface area contributed by atoms with Gasteiger partial charge in [-0.3, -0.25) is 4.79 Å². The summed E-state index contributed by atoms with van der Waals surface area (Å²) in [7, 11) is 0. The Morgan fingerprint density at radius 2 is 1.93 bits per heavy atom. The molecule has 1 aliphatic rings. The summed E-state index contributed by atoms with van der Waals surface area (Å²) in [6.45, 7) is 9.17. The second-order valence-corrected chi connectivity index (χ2v) is 5.04. The van der Waals surface area contributed by atoms with Gasteiger partial charge in [0.1, 0.15) is 0 Å². The lowest BCUT2D eigenvalue weighted by molar-refractivity contribution is -0.137. The van der Waals surface area contributed by atoms with E-state index in [1.165, 1.54) is 13.1 Å². The average Bonchev–Trinajstić information content (AvgIpc) is 2.46. The first-order chi connectivity index (χ1) is 7.00. The van der Waals surface area contributed by atoms with Crippen LogP contribution in [0.5, 0.6) is 0 Å². The highest BCUT2D eigenvalue weighted by molar-refractivity contribution is 5.66. The van der Waals surface area contributed by atoms with Crippen LogP contribution in [0.3, 0.4) is 0 Å². The van der Waals surface area contributed by atoms with E-state index >= 15 is 0 Å². The van der Waals surface area contributed by atoms with Crippen molar-refractivity contribution in [2.75, 3.05) is 13.1 Å². The topological polar surface area (TPSA) is 40.5 Å². The molecule has 0 spiro atoms. The molecule has 3 nitrogen and oxygen atoms in total. The minimum absolute atomic E-state index is 0.309. The second kappa shape index (κ2) is 5.50. The van der Waals surface area contributed by atoms with E-state index in [1.807, 2.05) is 0 Å². The Hall–Kier alpha value is -0.570. The zero-order valence-corrected chi connectivity index (χ0v) is 10.1. The summed E-state index contributed by atoms with van der Waals surface area (Å²) in [6.07, 6.45) is 2.12. The zero-order chi connectivity index (χ0) is 11.4. The van der Waals surface area contributed by atoms with E-state index in [-0.39, 0.29) is 0 Å². The average molecular weight is 213 g/mol. The lowest BCUT2D eigenvalue weighted by Gasteiger charge is -2.24. The summed E-state index contributed by atoms with van der Waals surface area (Å²) in [4.78, 5) is 12.9. The number of aliphatic carboxylic acids is 1. The van der Waals surface area contributed by atoms with Gasteiger partial charge >= 0.3 is 5.97 Å². The van der Waals surface area contributed by atoms with Crippen LogP contribution in [0.1, 0.15) is 40.0 Å². The molecule has 1 N–H and O–H groups in total. The van der Waals surface area contributed by atoms with E-state index in [4.69, 9.17) is 5.11 Å². The number of carboxylic acid groups (broad SMARTS) is 1. The molecule has 1 saturated heterocycles. The van der Waals surface area contributed by atoms with E-state index in [2.05, 4.69) is 25.7 Å². The third kappa shape index (κ3) is 3.82. The second-order valence-electron chi connectivity index (χ2n) is 5.04. The Kier molecular flexibility index (Phi) is 4.58. The minimum atomic E-state index is -0.676. The van der Waals surface area contributed by atoms with Crippen LogP contribution in [0.2, 0.25) is 0 Å². The number of carboxylic acids is 1. The summed E-state index contributed by atoms with van der Waals surface area (Å²) in [6, 6.07) is 0.539. The van der Waals surface area contributed by atoms with Gasteiger partial charge in [0.2, 0.25) is 0 Å². The molecule has 1 heterocycles. The normalized spacial score (nSPS) is 29.3. The fourth-order valence-electron chi connectivity index (χ4n) is 2.27. The van der Waals surface area contributed by atoms with Crippen LogP contribution in [-0.4, -0.2) is 35.1 Å². The molecule has 0 aromatic rings. The van der Waals surface area contributed by atoms with Crippen LogP contribution in [0.4, 0.5) is 0 Å². The molecule has 88 valence electrons. The standard InChI is InChI=1S/C12H23NO2/c1-9-7-13(8-10(9)2)11(3)5-4-6-12(14)15/h9-11H,4-8H2,1-3H3,(H,14,15)/t9-,10-,11?/m1/s1. The van der Waals surface area contributed by atoms with E-state index in [0.717, 1.165) is 24.7 Å². The number of hydrogen-bond donors (Lipinski definition) is 1. The highest BCUT2D eigenvalue weighted by atomic mass is 16.4. The highest BCUT2D eigenvalue weighted by Crippen LogP contribution is 2.25. The van der Waals surface area contributed by atoms with E-state index in [9.17, 15) is 4.79 Å². The molecule has 3 atom stereocenters.